The summed E-state index contributed by atoms with van der Waals surface area (Å²) in [5, 5.41) is 12.9. The third kappa shape index (κ3) is 3.07. The summed E-state index contributed by atoms with van der Waals surface area (Å²) in [4.78, 5) is 20.0. The highest BCUT2D eigenvalue weighted by molar-refractivity contribution is 7.99. The third-order valence-corrected chi connectivity index (χ3v) is 5.36. The molecule has 1 aliphatic heterocycles. The van der Waals surface area contributed by atoms with Crippen molar-refractivity contribution < 1.29 is 4.79 Å². The zero-order chi connectivity index (χ0) is 17.9. The molecule has 0 saturated heterocycles. The number of hydrogen-bond acceptors (Lipinski definition) is 5. The summed E-state index contributed by atoms with van der Waals surface area (Å²) < 4.78 is 1.41. The first-order valence-corrected chi connectivity index (χ1v) is 9.13. The van der Waals surface area contributed by atoms with Crippen molar-refractivity contribution in [3.05, 3.63) is 72.3 Å². The Kier molecular flexibility index (Phi) is 4.42. The minimum absolute atomic E-state index is 0.0387. The molecule has 3 aromatic rings. The number of benzene rings is 2. The minimum Gasteiger partial charge on any atom is -0.301 e. The molecule has 0 radical (unpaired) electrons. The largest absolute Gasteiger partial charge is 0.301 e. The lowest BCUT2D eigenvalue weighted by Gasteiger charge is -2.37. The van der Waals surface area contributed by atoms with Crippen LogP contribution in [0.2, 0.25) is 0 Å². The van der Waals surface area contributed by atoms with E-state index in [0.29, 0.717) is 0 Å². The van der Waals surface area contributed by atoms with Crippen molar-refractivity contribution in [2.75, 3.05) is 10.7 Å². The number of aromatic nitrogens is 3. The van der Waals surface area contributed by atoms with Crippen molar-refractivity contribution >= 4 is 23.4 Å². The van der Waals surface area contributed by atoms with Crippen molar-refractivity contribution in [3.63, 3.8) is 0 Å². The molecular formula is C19H15N5OS. The number of anilines is 1. The first kappa shape index (κ1) is 16.4. The van der Waals surface area contributed by atoms with Gasteiger partial charge in [-0.05, 0) is 17.7 Å². The molecule has 1 atom stereocenters. The van der Waals surface area contributed by atoms with E-state index in [-0.39, 0.29) is 24.3 Å². The molecule has 0 bridgehead atoms. The Labute approximate surface area is 155 Å². The molecule has 7 heteroatoms. The Hall–Kier alpha value is -3.11. The van der Waals surface area contributed by atoms with E-state index in [0.717, 1.165) is 21.9 Å². The van der Waals surface area contributed by atoms with Gasteiger partial charge >= 0.3 is 0 Å². The molecule has 26 heavy (non-hydrogen) atoms. The molecule has 0 spiro atoms. The summed E-state index contributed by atoms with van der Waals surface area (Å²) in [5.74, 6) is 0.765. The maximum atomic E-state index is 13.2. The third-order valence-electron chi connectivity index (χ3n) is 4.22. The van der Waals surface area contributed by atoms with Crippen molar-refractivity contribution in [1.29, 1.82) is 5.26 Å². The monoisotopic (exact) mass is 361 g/mol. The lowest BCUT2D eigenvalue weighted by molar-refractivity contribution is -0.119. The van der Waals surface area contributed by atoms with Crippen LogP contribution in [0, 0.1) is 11.3 Å². The van der Waals surface area contributed by atoms with E-state index in [4.69, 9.17) is 5.26 Å². The summed E-state index contributed by atoms with van der Waals surface area (Å²) in [7, 11) is 0. The average molecular weight is 361 g/mol. The van der Waals surface area contributed by atoms with Gasteiger partial charge in [0.1, 0.15) is 18.9 Å². The molecular weight excluding hydrogens is 346 g/mol. The van der Waals surface area contributed by atoms with E-state index in [1.807, 2.05) is 65.6 Å². The maximum Gasteiger partial charge on any atom is 0.252 e. The Morgan fingerprint density at radius 1 is 1.19 bits per heavy atom. The molecule has 1 aliphatic rings. The van der Waals surface area contributed by atoms with E-state index in [2.05, 4.69) is 10.1 Å². The molecule has 0 saturated carbocycles. The van der Waals surface area contributed by atoms with E-state index >= 15 is 0 Å². The number of fused-ring (bicyclic) bond motifs is 1. The summed E-state index contributed by atoms with van der Waals surface area (Å²) in [6, 6.07) is 19.8. The Balaban J connectivity index is 1.70. The zero-order valence-corrected chi connectivity index (χ0v) is 14.6. The number of nitrogens with zero attached hydrogens (tertiary/aromatic N) is 5. The molecule has 128 valence electrons. The van der Waals surface area contributed by atoms with Crippen LogP contribution in [0.3, 0.4) is 0 Å². The number of thioether (sulfide) groups is 1. The Morgan fingerprint density at radius 3 is 2.73 bits per heavy atom. The second-order valence-electron chi connectivity index (χ2n) is 5.85. The summed E-state index contributed by atoms with van der Waals surface area (Å²) in [6.45, 7) is 0.0387. The quantitative estimate of drug-likeness (QED) is 0.717. The van der Waals surface area contributed by atoms with Gasteiger partial charge in [-0.1, -0.05) is 42.5 Å². The van der Waals surface area contributed by atoms with E-state index < -0.39 is 0 Å². The molecule has 0 fully saturated rings. The van der Waals surface area contributed by atoms with Gasteiger partial charge in [0.15, 0.2) is 0 Å². The predicted octanol–water partition coefficient (Wildman–Crippen LogP) is 3.03. The molecule has 2 aromatic carbocycles. The highest BCUT2D eigenvalue weighted by Crippen LogP contribution is 2.43. The van der Waals surface area contributed by atoms with Crippen LogP contribution in [0.1, 0.15) is 17.4 Å². The average Bonchev–Trinajstić information content (AvgIpc) is 3.15. The summed E-state index contributed by atoms with van der Waals surface area (Å²) in [6.07, 6.45) is 1.42. The van der Waals surface area contributed by atoms with Gasteiger partial charge in [0.25, 0.3) is 5.82 Å². The SMILES string of the molecule is N#Cc1ncn(CC(=O)N2c3ccccc3SC[C@@H]2c2ccccc2)n1. The summed E-state index contributed by atoms with van der Waals surface area (Å²) >= 11 is 1.76. The number of carbonyl (C=O) groups excluding carboxylic acids is 1. The first-order chi connectivity index (χ1) is 12.8. The fourth-order valence-electron chi connectivity index (χ4n) is 3.05. The summed E-state index contributed by atoms with van der Waals surface area (Å²) in [5.41, 5.74) is 2.00. The van der Waals surface area contributed by atoms with Gasteiger partial charge in [-0.25, -0.2) is 9.67 Å². The van der Waals surface area contributed by atoms with Gasteiger partial charge in [0, 0.05) is 10.6 Å². The van der Waals surface area contributed by atoms with Crippen LogP contribution in [0.25, 0.3) is 0 Å². The van der Waals surface area contributed by atoms with Gasteiger partial charge in [0.2, 0.25) is 5.91 Å². The number of para-hydroxylation sites is 1. The van der Waals surface area contributed by atoms with Crippen LogP contribution in [0.15, 0.2) is 65.8 Å². The van der Waals surface area contributed by atoms with Crippen LogP contribution >= 0.6 is 11.8 Å². The molecule has 0 unspecified atom stereocenters. The van der Waals surface area contributed by atoms with E-state index in [1.165, 1.54) is 11.0 Å². The van der Waals surface area contributed by atoms with Crippen molar-refractivity contribution in [3.8, 4) is 6.07 Å². The molecule has 2 heterocycles. The van der Waals surface area contributed by atoms with Gasteiger partial charge < -0.3 is 4.90 Å². The molecule has 4 rings (SSSR count). The number of hydrogen-bond donors (Lipinski definition) is 0. The number of rotatable bonds is 3. The predicted molar refractivity (Wildman–Crippen MR) is 98.6 cm³/mol. The fraction of sp³-hybridized carbons (Fsp3) is 0.158. The Morgan fingerprint density at radius 2 is 1.96 bits per heavy atom. The molecule has 0 aliphatic carbocycles. The van der Waals surface area contributed by atoms with Crippen molar-refractivity contribution in [2.24, 2.45) is 0 Å². The smallest absolute Gasteiger partial charge is 0.252 e. The molecule has 0 N–H and O–H groups in total. The topological polar surface area (TPSA) is 74.8 Å². The number of carbonyl (C=O) groups is 1. The van der Waals surface area contributed by atoms with Crippen molar-refractivity contribution in [2.45, 2.75) is 17.5 Å². The lowest BCUT2D eigenvalue weighted by Crippen LogP contribution is -2.40. The van der Waals surface area contributed by atoms with E-state index in [9.17, 15) is 4.79 Å². The Bertz CT molecular complexity index is 979. The number of amides is 1. The fourth-order valence-corrected chi connectivity index (χ4v) is 4.22. The minimum atomic E-state index is -0.0824. The highest BCUT2D eigenvalue weighted by atomic mass is 32.2. The lowest BCUT2D eigenvalue weighted by atomic mass is 10.1. The molecule has 6 nitrogen and oxygen atoms in total. The van der Waals surface area contributed by atoms with Crippen LogP contribution in [0.5, 0.6) is 0 Å². The second-order valence-corrected chi connectivity index (χ2v) is 6.91. The van der Waals surface area contributed by atoms with Gasteiger partial charge in [-0.15, -0.1) is 16.9 Å². The van der Waals surface area contributed by atoms with Gasteiger partial charge in [-0.3, -0.25) is 4.79 Å². The van der Waals surface area contributed by atoms with Crippen LogP contribution in [0.4, 0.5) is 5.69 Å². The van der Waals surface area contributed by atoms with Crippen LogP contribution in [-0.4, -0.2) is 26.4 Å². The molecule has 1 amide bonds. The molecule has 1 aromatic heterocycles. The standard InChI is InChI=1S/C19H15N5OS/c20-10-18-21-13-23(22-18)11-19(25)24-15-8-4-5-9-17(15)26-12-16(24)14-6-2-1-3-7-14/h1-9,13,16H,11-12H2/t16-/m1/s1. The second kappa shape index (κ2) is 7.02. The maximum absolute atomic E-state index is 13.2. The number of nitriles is 1. The van der Waals surface area contributed by atoms with E-state index in [1.54, 1.807) is 11.8 Å². The normalized spacial score (nSPS) is 16.0. The first-order valence-electron chi connectivity index (χ1n) is 8.14. The van der Waals surface area contributed by atoms with Crippen LogP contribution in [-0.2, 0) is 11.3 Å². The highest BCUT2D eigenvalue weighted by Gasteiger charge is 2.32. The zero-order valence-electron chi connectivity index (χ0n) is 13.8. The van der Waals surface area contributed by atoms with Gasteiger partial charge in [0.05, 0.1) is 11.7 Å². The van der Waals surface area contributed by atoms with Crippen LogP contribution < -0.4 is 4.90 Å². The van der Waals surface area contributed by atoms with Crippen molar-refractivity contribution in [1.82, 2.24) is 14.8 Å². The van der Waals surface area contributed by atoms with Gasteiger partial charge in [-0.2, -0.15) is 5.26 Å².